The molecule has 1 rings (SSSR count). The molecular formula is C14H27N3OS. The second-order valence-electron chi connectivity index (χ2n) is 5.16. The molecule has 1 unspecified atom stereocenters. The first-order chi connectivity index (χ1) is 9.10. The first-order valence-electron chi connectivity index (χ1n) is 6.97. The van der Waals surface area contributed by atoms with Gasteiger partial charge in [0.1, 0.15) is 0 Å². The largest absolute Gasteiger partial charge is 0.493 e. The summed E-state index contributed by atoms with van der Waals surface area (Å²) in [6, 6.07) is 0.297. The first-order valence-corrected chi connectivity index (χ1v) is 8.12. The monoisotopic (exact) mass is 285 g/mol. The van der Waals surface area contributed by atoms with Gasteiger partial charge in [0.15, 0.2) is 5.75 Å². The van der Waals surface area contributed by atoms with E-state index >= 15 is 0 Å². The third-order valence-corrected chi connectivity index (χ3v) is 4.35. The molecule has 1 atom stereocenters. The van der Waals surface area contributed by atoms with Crippen LogP contribution < -0.4 is 10.1 Å². The predicted octanol–water partition coefficient (Wildman–Crippen LogP) is 2.86. The van der Waals surface area contributed by atoms with Crippen molar-refractivity contribution < 1.29 is 4.74 Å². The molecule has 0 aliphatic rings. The van der Waals surface area contributed by atoms with Gasteiger partial charge in [0.05, 0.1) is 25.0 Å². The van der Waals surface area contributed by atoms with E-state index in [1.165, 1.54) is 5.75 Å². The predicted molar refractivity (Wildman–Crippen MR) is 83.0 cm³/mol. The smallest absolute Gasteiger partial charge is 0.161 e. The average molecular weight is 285 g/mol. The molecule has 0 amide bonds. The summed E-state index contributed by atoms with van der Waals surface area (Å²) in [6.45, 7) is 7.71. The van der Waals surface area contributed by atoms with Gasteiger partial charge in [-0.05, 0) is 24.6 Å². The fraction of sp³-hybridized carbons (Fsp3) is 0.786. The van der Waals surface area contributed by atoms with Gasteiger partial charge in [0.2, 0.25) is 0 Å². The van der Waals surface area contributed by atoms with Crippen molar-refractivity contribution >= 4 is 11.8 Å². The molecule has 4 nitrogen and oxygen atoms in total. The molecule has 0 bridgehead atoms. The summed E-state index contributed by atoms with van der Waals surface area (Å²) < 4.78 is 7.34. The lowest BCUT2D eigenvalue weighted by atomic mass is 10.2. The van der Waals surface area contributed by atoms with E-state index in [-0.39, 0.29) is 0 Å². The molecule has 1 heterocycles. The first kappa shape index (κ1) is 16.4. The molecule has 0 aliphatic heterocycles. The van der Waals surface area contributed by atoms with Crippen LogP contribution in [0.3, 0.4) is 0 Å². The number of hydrogen-bond acceptors (Lipinski definition) is 4. The van der Waals surface area contributed by atoms with Gasteiger partial charge in [0, 0.05) is 12.8 Å². The van der Waals surface area contributed by atoms with Crippen LogP contribution >= 0.6 is 11.8 Å². The SMILES string of the molecule is CCCNC(CSCC(C)C)c1c(OC)cnn1C. The van der Waals surface area contributed by atoms with Crippen LogP contribution in [0, 0.1) is 5.92 Å². The fourth-order valence-electron chi connectivity index (χ4n) is 1.96. The number of rotatable bonds is 9. The van der Waals surface area contributed by atoms with Crippen molar-refractivity contribution in [2.45, 2.75) is 33.2 Å². The highest BCUT2D eigenvalue weighted by atomic mass is 32.2. The molecule has 0 spiro atoms. The van der Waals surface area contributed by atoms with Crippen LogP contribution in [0.4, 0.5) is 0 Å². The minimum absolute atomic E-state index is 0.297. The minimum Gasteiger partial charge on any atom is -0.493 e. The van der Waals surface area contributed by atoms with E-state index in [4.69, 9.17) is 4.74 Å². The maximum Gasteiger partial charge on any atom is 0.161 e. The van der Waals surface area contributed by atoms with E-state index in [1.54, 1.807) is 13.3 Å². The van der Waals surface area contributed by atoms with Gasteiger partial charge in [-0.3, -0.25) is 4.68 Å². The van der Waals surface area contributed by atoms with E-state index in [0.29, 0.717) is 6.04 Å². The Hall–Kier alpha value is -0.680. The molecule has 0 saturated heterocycles. The molecule has 5 heteroatoms. The summed E-state index contributed by atoms with van der Waals surface area (Å²) in [7, 11) is 3.68. The van der Waals surface area contributed by atoms with Gasteiger partial charge in [-0.25, -0.2) is 0 Å². The number of thioether (sulfide) groups is 1. The number of methoxy groups -OCH3 is 1. The lowest BCUT2D eigenvalue weighted by Gasteiger charge is -2.20. The quantitative estimate of drug-likeness (QED) is 0.757. The van der Waals surface area contributed by atoms with Gasteiger partial charge in [-0.1, -0.05) is 20.8 Å². The van der Waals surface area contributed by atoms with Crippen molar-refractivity contribution in [2.75, 3.05) is 25.2 Å². The van der Waals surface area contributed by atoms with Gasteiger partial charge in [-0.2, -0.15) is 16.9 Å². The lowest BCUT2D eigenvalue weighted by molar-refractivity contribution is 0.398. The molecule has 0 aromatic carbocycles. The third-order valence-electron chi connectivity index (χ3n) is 2.88. The maximum absolute atomic E-state index is 5.42. The third kappa shape index (κ3) is 5.07. The fourth-order valence-corrected chi connectivity index (χ4v) is 3.07. The van der Waals surface area contributed by atoms with E-state index in [1.807, 2.05) is 23.5 Å². The van der Waals surface area contributed by atoms with Crippen molar-refractivity contribution in [3.8, 4) is 5.75 Å². The van der Waals surface area contributed by atoms with Crippen molar-refractivity contribution in [3.63, 3.8) is 0 Å². The summed E-state index contributed by atoms with van der Waals surface area (Å²) in [5.74, 6) is 3.84. The normalized spacial score (nSPS) is 12.9. The molecule has 1 aromatic rings. The molecule has 1 aromatic heterocycles. The second-order valence-corrected chi connectivity index (χ2v) is 6.23. The van der Waals surface area contributed by atoms with Gasteiger partial charge in [-0.15, -0.1) is 0 Å². The summed E-state index contributed by atoms with van der Waals surface area (Å²) in [6.07, 6.45) is 2.93. The van der Waals surface area contributed by atoms with Crippen LogP contribution in [0.1, 0.15) is 38.9 Å². The number of ether oxygens (including phenoxy) is 1. The Balaban J connectivity index is 2.73. The van der Waals surface area contributed by atoms with Crippen molar-refractivity contribution in [1.29, 1.82) is 0 Å². The Morgan fingerprint density at radius 3 is 2.74 bits per heavy atom. The highest BCUT2D eigenvalue weighted by Crippen LogP contribution is 2.27. The zero-order valence-electron chi connectivity index (χ0n) is 12.8. The van der Waals surface area contributed by atoms with Crippen LogP contribution in [0.25, 0.3) is 0 Å². The van der Waals surface area contributed by atoms with E-state index in [2.05, 4.69) is 31.2 Å². The Bertz CT molecular complexity index is 366. The lowest BCUT2D eigenvalue weighted by Crippen LogP contribution is -2.27. The zero-order chi connectivity index (χ0) is 14.3. The zero-order valence-corrected chi connectivity index (χ0v) is 13.6. The van der Waals surface area contributed by atoms with Crippen molar-refractivity contribution in [1.82, 2.24) is 15.1 Å². The number of aromatic nitrogens is 2. The molecule has 110 valence electrons. The van der Waals surface area contributed by atoms with Crippen molar-refractivity contribution in [3.05, 3.63) is 11.9 Å². The van der Waals surface area contributed by atoms with Gasteiger partial charge >= 0.3 is 0 Å². The van der Waals surface area contributed by atoms with Gasteiger partial charge in [0.25, 0.3) is 0 Å². The van der Waals surface area contributed by atoms with Crippen LogP contribution in [0.15, 0.2) is 6.20 Å². The number of nitrogens with one attached hydrogen (secondary N) is 1. The van der Waals surface area contributed by atoms with E-state index in [9.17, 15) is 0 Å². The number of hydrogen-bond donors (Lipinski definition) is 1. The minimum atomic E-state index is 0.297. The standard InChI is InChI=1S/C14H27N3OS/c1-6-7-15-12(10-19-9-11(2)3)14-13(18-5)8-16-17(14)4/h8,11-12,15H,6-7,9-10H2,1-5H3. The molecular weight excluding hydrogens is 258 g/mol. The van der Waals surface area contributed by atoms with Crippen LogP contribution in [0.5, 0.6) is 5.75 Å². The Morgan fingerprint density at radius 1 is 1.42 bits per heavy atom. The molecule has 0 radical (unpaired) electrons. The molecule has 0 fully saturated rings. The van der Waals surface area contributed by atoms with E-state index < -0.39 is 0 Å². The molecule has 0 saturated carbocycles. The maximum atomic E-state index is 5.42. The summed E-state index contributed by atoms with van der Waals surface area (Å²) in [5, 5.41) is 7.90. The Labute approximate surface area is 121 Å². The Kier molecular flexibility index (Phi) is 7.31. The molecule has 0 aliphatic carbocycles. The van der Waals surface area contributed by atoms with Crippen LogP contribution in [0.2, 0.25) is 0 Å². The topological polar surface area (TPSA) is 39.1 Å². The second kappa shape index (κ2) is 8.48. The average Bonchev–Trinajstić information content (AvgIpc) is 2.74. The van der Waals surface area contributed by atoms with Gasteiger partial charge < -0.3 is 10.1 Å². The highest BCUT2D eigenvalue weighted by Gasteiger charge is 2.20. The Morgan fingerprint density at radius 2 is 2.16 bits per heavy atom. The van der Waals surface area contributed by atoms with Crippen molar-refractivity contribution in [2.24, 2.45) is 13.0 Å². The summed E-state index contributed by atoms with van der Waals surface area (Å²) in [4.78, 5) is 0. The van der Waals surface area contributed by atoms with E-state index in [0.717, 1.165) is 36.1 Å². The number of nitrogens with zero attached hydrogens (tertiary/aromatic N) is 2. The number of aryl methyl sites for hydroxylation is 1. The molecule has 1 N–H and O–H groups in total. The molecule has 19 heavy (non-hydrogen) atoms. The van der Waals surface area contributed by atoms with Crippen LogP contribution in [-0.4, -0.2) is 34.9 Å². The van der Waals surface area contributed by atoms with Crippen LogP contribution in [-0.2, 0) is 7.05 Å². The summed E-state index contributed by atoms with van der Waals surface area (Å²) in [5.41, 5.74) is 1.15. The highest BCUT2D eigenvalue weighted by molar-refractivity contribution is 7.99. The summed E-state index contributed by atoms with van der Waals surface area (Å²) >= 11 is 1.99.